The summed E-state index contributed by atoms with van der Waals surface area (Å²) in [5, 5.41) is 8.90. The average molecular weight is 278 g/mol. The summed E-state index contributed by atoms with van der Waals surface area (Å²) in [4.78, 5) is 0. The topological polar surface area (TPSA) is 29.5 Å². The van der Waals surface area contributed by atoms with E-state index in [2.05, 4.69) is 18.8 Å². The van der Waals surface area contributed by atoms with E-state index in [0.717, 1.165) is 12.8 Å². The summed E-state index contributed by atoms with van der Waals surface area (Å²) in [7, 11) is 0. The number of rotatable bonds is 7. The summed E-state index contributed by atoms with van der Waals surface area (Å²) < 4.78 is 19.6. The van der Waals surface area contributed by atoms with Gasteiger partial charge in [0.1, 0.15) is 0 Å². The first-order valence-electron chi connectivity index (χ1n) is 7.22. The average Bonchev–Trinajstić information content (AvgIpc) is 2.47. The number of unbranched alkanes of at least 4 members (excludes halogenated alkanes) is 3. The molecule has 1 N–H and O–H groups in total. The Labute approximate surface area is 121 Å². The number of benzene rings is 1. The van der Waals surface area contributed by atoms with Gasteiger partial charge in [-0.2, -0.15) is 0 Å². The molecule has 0 aliphatic heterocycles. The molecule has 0 radical (unpaired) electrons. The van der Waals surface area contributed by atoms with Crippen molar-refractivity contribution in [1.29, 1.82) is 0 Å². The van der Waals surface area contributed by atoms with E-state index in [1.165, 1.54) is 12.8 Å². The van der Waals surface area contributed by atoms with Crippen LogP contribution in [0, 0.1) is 23.6 Å². The van der Waals surface area contributed by atoms with E-state index in [4.69, 9.17) is 9.84 Å². The normalized spacial score (nSPS) is 11.6. The van der Waals surface area contributed by atoms with Gasteiger partial charge in [-0.1, -0.05) is 44.1 Å². The van der Waals surface area contributed by atoms with Crippen LogP contribution in [0.15, 0.2) is 18.2 Å². The summed E-state index contributed by atoms with van der Waals surface area (Å²) in [5.74, 6) is 5.23. The number of aliphatic hydroxyl groups excluding tert-OH is 1. The maximum Gasteiger partial charge on any atom is 0.180 e. The maximum absolute atomic E-state index is 14.1. The Balaban J connectivity index is 2.62. The molecule has 0 saturated carbocycles. The van der Waals surface area contributed by atoms with E-state index < -0.39 is 5.82 Å². The van der Waals surface area contributed by atoms with Gasteiger partial charge in [-0.3, -0.25) is 0 Å². The van der Waals surface area contributed by atoms with Crippen LogP contribution >= 0.6 is 0 Å². The fourth-order valence-electron chi connectivity index (χ4n) is 1.68. The number of hydrogen-bond donors (Lipinski definition) is 1. The second kappa shape index (κ2) is 9.39. The van der Waals surface area contributed by atoms with E-state index in [1.807, 2.05) is 0 Å². The van der Waals surface area contributed by atoms with Gasteiger partial charge < -0.3 is 9.84 Å². The quantitative estimate of drug-likeness (QED) is 0.608. The van der Waals surface area contributed by atoms with Crippen LogP contribution in [0.5, 0.6) is 5.75 Å². The Kier molecular flexibility index (Phi) is 7.75. The van der Waals surface area contributed by atoms with Gasteiger partial charge in [0.25, 0.3) is 0 Å². The molecule has 0 bridgehead atoms. The predicted molar refractivity (Wildman–Crippen MR) is 79.2 cm³/mol. The molecule has 1 unspecified atom stereocenters. The van der Waals surface area contributed by atoms with Crippen molar-refractivity contribution in [2.24, 2.45) is 5.92 Å². The molecule has 0 fully saturated rings. The molecular weight excluding hydrogens is 255 g/mol. The Hall–Kier alpha value is -1.53. The van der Waals surface area contributed by atoms with Crippen LogP contribution < -0.4 is 4.74 Å². The van der Waals surface area contributed by atoms with E-state index in [-0.39, 0.29) is 18.3 Å². The number of halogens is 1. The Morgan fingerprint density at radius 1 is 1.30 bits per heavy atom. The van der Waals surface area contributed by atoms with Gasteiger partial charge in [0.2, 0.25) is 0 Å². The van der Waals surface area contributed by atoms with Crippen molar-refractivity contribution < 1.29 is 14.2 Å². The fourth-order valence-corrected chi connectivity index (χ4v) is 1.68. The Morgan fingerprint density at radius 2 is 2.10 bits per heavy atom. The zero-order valence-electron chi connectivity index (χ0n) is 12.3. The lowest BCUT2D eigenvalue weighted by Crippen LogP contribution is -2.01. The van der Waals surface area contributed by atoms with Gasteiger partial charge in [0.15, 0.2) is 11.6 Å². The monoisotopic (exact) mass is 278 g/mol. The van der Waals surface area contributed by atoms with Crippen molar-refractivity contribution in [1.82, 2.24) is 0 Å². The van der Waals surface area contributed by atoms with Crippen LogP contribution in [-0.4, -0.2) is 18.3 Å². The first kappa shape index (κ1) is 16.5. The zero-order chi connectivity index (χ0) is 14.8. The predicted octanol–water partition coefficient (Wildman–Crippen LogP) is 3.76. The van der Waals surface area contributed by atoms with Crippen molar-refractivity contribution in [3.05, 3.63) is 29.6 Å². The summed E-state index contributed by atoms with van der Waals surface area (Å²) in [6.07, 6.45) is 4.38. The lowest BCUT2D eigenvalue weighted by molar-refractivity contribution is 0.266. The zero-order valence-corrected chi connectivity index (χ0v) is 12.3. The smallest absolute Gasteiger partial charge is 0.180 e. The minimum Gasteiger partial charge on any atom is -0.490 e. The molecule has 0 amide bonds. The van der Waals surface area contributed by atoms with Crippen molar-refractivity contribution in [3.63, 3.8) is 0 Å². The molecule has 1 aromatic carbocycles. The van der Waals surface area contributed by atoms with E-state index in [1.54, 1.807) is 25.1 Å². The van der Waals surface area contributed by atoms with Crippen molar-refractivity contribution >= 4 is 0 Å². The molecule has 0 aliphatic carbocycles. The largest absolute Gasteiger partial charge is 0.490 e. The molecule has 0 aromatic heterocycles. The highest BCUT2D eigenvalue weighted by molar-refractivity contribution is 5.41. The van der Waals surface area contributed by atoms with Crippen LogP contribution in [0.1, 0.15) is 45.1 Å². The van der Waals surface area contributed by atoms with E-state index in [9.17, 15) is 4.39 Å². The summed E-state index contributed by atoms with van der Waals surface area (Å²) in [6, 6.07) is 4.98. The van der Waals surface area contributed by atoms with Crippen LogP contribution in [0.25, 0.3) is 0 Å². The van der Waals surface area contributed by atoms with Crippen LogP contribution in [-0.2, 0) is 0 Å². The lowest BCUT2D eigenvalue weighted by Gasteiger charge is -2.08. The maximum atomic E-state index is 14.1. The molecule has 0 aliphatic rings. The minimum absolute atomic E-state index is 0.0256. The van der Waals surface area contributed by atoms with Crippen molar-refractivity contribution in [2.75, 3.05) is 13.2 Å². The van der Waals surface area contributed by atoms with Gasteiger partial charge in [0.05, 0.1) is 18.8 Å². The van der Waals surface area contributed by atoms with Gasteiger partial charge in [-0.25, -0.2) is 4.39 Å². The summed E-state index contributed by atoms with van der Waals surface area (Å²) >= 11 is 0. The van der Waals surface area contributed by atoms with E-state index in [0.29, 0.717) is 12.2 Å². The number of aliphatic hydroxyl groups is 1. The highest BCUT2D eigenvalue weighted by atomic mass is 19.1. The minimum atomic E-state index is -0.416. The second-order valence-electron chi connectivity index (χ2n) is 4.88. The van der Waals surface area contributed by atoms with Crippen LogP contribution in [0.4, 0.5) is 4.39 Å². The molecule has 3 heteroatoms. The third-order valence-electron chi connectivity index (χ3n) is 2.95. The first-order valence-corrected chi connectivity index (χ1v) is 7.22. The standard InChI is InChI=1S/C17H23FO2/c1-3-4-5-6-12-20-16-9-7-8-15(17(16)18)11-10-14(2)13-19/h7-9,14,19H,3-6,12-13H2,1-2H3. The number of ether oxygens (including phenoxy) is 1. The molecule has 0 spiro atoms. The van der Waals surface area contributed by atoms with Crippen LogP contribution in [0.3, 0.4) is 0 Å². The molecule has 1 atom stereocenters. The van der Waals surface area contributed by atoms with Crippen molar-refractivity contribution in [2.45, 2.75) is 39.5 Å². The molecule has 20 heavy (non-hydrogen) atoms. The fraction of sp³-hybridized carbons (Fsp3) is 0.529. The van der Waals surface area contributed by atoms with Crippen molar-refractivity contribution in [3.8, 4) is 17.6 Å². The lowest BCUT2D eigenvalue weighted by atomic mass is 10.1. The van der Waals surface area contributed by atoms with Gasteiger partial charge in [0, 0.05) is 5.92 Å². The second-order valence-corrected chi connectivity index (χ2v) is 4.88. The highest BCUT2D eigenvalue weighted by Gasteiger charge is 2.07. The Bertz CT molecular complexity index is 460. The van der Waals surface area contributed by atoms with Gasteiger partial charge in [-0.05, 0) is 25.5 Å². The molecule has 2 nitrogen and oxygen atoms in total. The highest BCUT2D eigenvalue weighted by Crippen LogP contribution is 2.20. The molecular formula is C17H23FO2. The molecule has 1 aromatic rings. The molecule has 110 valence electrons. The molecule has 1 rings (SSSR count). The number of hydrogen-bond acceptors (Lipinski definition) is 2. The first-order chi connectivity index (χ1) is 9.69. The SMILES string of the molecule is CCCCCCOc1cccc(C#CC(C)CO)c1F. The molecule has 0 heterocycles. The third kappa shape index (κ3) is 5.63. The van der Waals surface area contributed by atoms with Gasteiger partial charge in [-0.15, -0.1) is 0 Å². The summed E-state index contributed by atoms with van der Waals surface area (Å²) in [5.41, 5.74) is 0.316. The van der Waals surface area contributed by atoms with Crippen LogP contribution in [0.2, 0.25) is 0 Å². The van der Waals surface area contributed by atoms with Gasteiger partial charge >= 0.3 is 0 Å². The third-order valence-corrected chi connectivity index (χ3v) is 2.95. The van der Waals surface area contributed by atoms with E-state index >= 15 is 0 Å². The molecule has 0 saturated heterocycles. The Morgan fingerprint density at radius 3 is 2.80 bits per heavy atom. The summed E-state index contributed by atoms with van der Waals surface area (Å²) in [6.45, 7) is 4.44.